The fourth-order valence-electron chi connectivity index (χ4n) is 1.69. The van der Waals surface area contributed by atoms with Gasteiger partial charge in [-0.1, -0.05) is 18.5 Å². The summed E-state index contributed by atoms with van der Waals surface area (Å²) in [7, 11) is 0. The van der Waals surface area contributed by atoms with Crippen LogP contribution in [-0.2, 0) is 6.54 Å². The standard InChI is InChI=1S/C15H16ClFN2O/c1-2-6-18-10-11-5-7-19-15(8-11)20-12-3-4-13(16)14(17)9-12/h3-5,7-9,18H,2,6,10H2,1H3. The second-order valence-corrected chi connectivity index (χ2v) is 4.76. The number of ether oxygens (including phenoxy) is 1. The highest BCUT2D eigenvalue weighted by Gasteiger charge is 2.04. The molecule has 0 aliphatic rings. The average Bonchev–Trinajstić information content (AvgIpc) is 2.44. The van der Waals surface area contributed by atoms with Gasteiger partial charge in [0.2, 0.25) is 5.88 Å². The summed E-state index contributed by atoms with van der Waals surface area (Å²) in [6.45, 7) is 3.83. The molecule has 1 N–H and O–H groups in total. The number of benzene rings is 1. The van der Waals surface area contributed by atoms with Gasteiger partial charge in [0.15, 0.2) is 0 Å². The summed E-state index contributed by atoms with van der Waals surface area (Å²) >= 11 is 5.63. The molecule has 0 spiro atoms. The predicted octanol–water partition coefficient (Wildman–Crippen LogP) is 4.17. The first-order chi connectivity index (χ1) is 9.69. The van der Waals surface area contributed by atoms with E-state index in [1.165, 1.54) is 12.1 Å². The van der Waals surface area contributed by atoms with Crippen molar-refractivity contribution in [3.05, 3.63) is 52.9 Å². The van der Waals surface area contributed by atoms with E-state index in [1.54, 1.807) is 12.3 Å². The van der Waals surface area contributed by atoms with E-state index in [-0.39, 0.29) is 5.02 Å². The fraction of sp³-hybridized carbons (Fsp3) is 0.267. The molecule has 0 unspecified atom stereocenters. The molecular formula is C15H16ClFN2O. The molecule has 2 aromatic rings. The number of aromatic nitrogens is 1. The number of rotatable bonds is 6. The summed E-state index contributed by atoms with van der Waals surface area (Å²) in [6.07, 6.45) is 2.75. The Labute approximate surface area is 122 Å². The van der Waals surface area contributed by atoms with Gasteiger partial charge in [-0.2, -0.15) is 0 Å². The summed E-state index contributed by atoms with van der Waals surface area (Å²) in [5, 5.41) is 3.37. The number of pyridine rings is 1. The smallest absolute Gasteiger partial charge is 0.219 e. The number of hydrogen-bond donors (Lipinski definition) is 1. The molecule has 0 fully saturated rings. The Hall–Kier alpha value is -1.65. The molecule has 1 heterocycles. The van der Waals surface area contributed by atoms with Gasteiger partial charge in [-0.3, -0.25) is 0 Å². The third kappa shape index (κ3) is 4.18. The van der Waals surface area contributed by atoms with Crippen molar-refractivity contribution in [3.8, 4) is 11.6 Å². The summed E-state index contributed by atoms with van der Waals surface area (Å²) < 4.78 is 18.8. The van der Waals surface area contributed by atoms with Gasteiger partial charge in [-0.15, -0.1) is 0 Å². The van der Waals surface area contributed by atoms with E-state index in [0.717, 1.165) is 25.1 Å². The van der Waals surface area contributed by atoms with E-state index in [0.29, 0.717) is 11.6 Å². The van der Waals surface area contributed by atoms with E-state index in [2.05, 4.69) is 17.2 Å². The monoisotopic (exact) mass is 294 g/mol. The van der Waals surface area contributed by atoms with Gasteiger partial charge in [-0.25, -0.2) is 9.37 Å². The van der Waals surface area contributed by atoms with Crippen LogP contribution in [0.4, 0.5) is 4.39 Å². The predicted molar refractivity (Wildman–Crippen MR) is 77.7 cm³/mol. The minimum Gasteiger partial charge on any atom is -0.439 e. The summed E-state index contributed by atoms with van der Waals surface area (Å²) in [5.74, 6) is 0.297. The summed E-state index contributed by atoms with van der Waals surface area (Å²) in [4.78, 5) is 4.11. The molecule has 0 radical (unpaired) electrons. The van der Waals surface area contributed by atoms with E-state index in [4.69, 9.17) is 16.3 Å². The van der Waals surface area contributed by atoms with Crippen LogP contribution in [0.3, 0.4) is 0 Å². The number of nitrogens with zero attached hydrogens (tertiary/aromatic N) is 1. The van der Waals surface area contributed by atoms with E-state index >= 15 is 0 Å². The molecule has 0 amide bonds. The van der Waals surface area contributed by atoms with Gasteiger partial charge in [-0.05, 0) is 36.7 Å². The van der Waals surface area contributed by atoms with Crippen molar-refractivity contribution in [1.29, 1.82) is 0 Å². The highest BCUT2D eigenvalue weighted by atomic mass is 35.5. The Balaban J connectivity index is 2.05. The number of hydrogen-bond acceptors (Lipinski definition) is 3. The molecule has 0 atom stereocenters. The van der Waals surface area contributed by atoms with Crippen molar-refractivity contribution in [2.45, 2.75) is 19.9 Å². The molecule has 0 saturated heterocycles. The van der Waals surface area contributed by atoms with E-state index in [1.807, 2.05) is 12.1 Å². The highest BCUT2D eigenvalue weighted by Crippen LogP contribution is 2.24. The second kappa shape index (κ2) is 7.22. The third-order valence-corrected chi connectivity index (χ3v) is 2.98. The normalized spacial score (nSPS) is 10.6. The molecule has 1 aromatic carbocycles. The van der Waals surface area contributed by atoms with Crippen LogP contribution in [0.15, 0.2) is 36.5 Å². The van der Waals surface area contributed by atoms with Crippen molar-refractivity contribution in [1.82, 2.24) is 10.3 Å². The Morgan fingerprint density at radius 2 is 2.15 bits per heavy atom. The van der Waals surface area contributed by atoms with Crippen LogP contribution < -0.4 is 10.1 Å². The Bertz CT molecular complexity index is 578. The van der Waals surface area contributed by atoms with Gasteiger partial charge in [0, 0.05) is 24.9 Å². The van der Waals surface area contributed by atoms with Crippen LogP contribution >= 0.6 is 11.6 Å². The first kappa shape index (κ1) is 14.8. The summed E-state index contributed by atoms with van der Waals surface area (Å²) in [6, 6.07) is 8.05. The number of halogens is 2. The van der Waals surface area contributed by atoms with Crippen molar-refractivity contribution in [2.24, 2.45) is 0 Å². The first-order valence-corrected chi connectivity index (χ1v) is 6.85. The maximum absolute atomic E-state index is 13.3. The molecular weight excluding hydrogens is 279 g/mol. The lowest BCUT2D eigenvalue weighted by Gasteiger charge is -2.07. The van der Waals surface area contributed by atoms with Gasteiger partial charge in [0.05, 0.1) is 5.02 Å². The van der Waals surface area contributed by atoms with Gasteiger partial charge in [0.1, 0.15) is 11.6 Å². The third-order valence-electron chi connectivity index (χ3n) is 2.67. The van der Waals surface area contributed by atoms with Gasteiger partial charge < -0.3 is 10.1 Å². The van der Waals surface area contributed by atoms with Crippen molar-refractivity contribution in [2.75, 3.05) is 6.54 Å². The summed E-state index contributed by atoms with van der Waals surface area (Å²) in [5.41, 5.74) is 1.07. The van der Waals surface area contributed by atoms with Crippen molar-refractivity contribution < 1.29 is 9.13 Å². The minimum atomic E-state index is -0.509. The lowest BCUT2D eigenvalue weighted by atomic mass is 10.2. The second-order valence-electron chi connectivity index (χ2n) is 4.36. The van der Waals surface area contributed by atoms with E-state index < -0.39 is 5.82 Å². The van der Waals surface area contributed by atoms with Crippen LogP contribution in [0.5, 0.6) is 11.6 Å². The molecule has 2 rings (SSSR count). The van der Waals surface area contributed by atoms with Crippen LogP contribution in [-0.4, -0.2) is 11.5 Å². The van der Waals surface area contributed by atoms with Gasteiger partial charge in [0.25, 0.3) is 0 Å². The molecule has 106 valence electrons. The lowest BCUT2D eigenvalue weighted by Crippen LogP contribution is -2.13. The Morgan fingerprint density at radius 1 is 1.30 bits per heavy atom. The molecule has 1 aromatic heterocycles. The quantitative estimate of drug-likeness (QED) is 0.812. The van der Waals surface area contributed by atoms with Crippen LogP contribution in [0.25, 0.3) is 0 Å². The zero-order valence-electron chi connectivity index (χ0n) is 11.2. The maximum atomic E-state index is 13.3. The first-order valence-electron chi connectivity index (χ1n) is 6.47. The highest BCUT2D eigenvalue weighted by molar-refractivity contribution is 6.30. The topological polar surface area (TPSA) is 34.2 Å². The molecule has 0 saturated carbocycles. The van der Waals surface area contributed by atoms with Crippen molar-refractivity contribution in [3.63, 3.8) is 0 Å². The maximum Gasteiger partial charge on any atom is 0.219 e. The average molecular weight is 295 g/mol. The molecule has 0 bridgehead atoms. The van der Waals surface area contributed by atoms with Crippen LogP contribution in [0, 0.1) is 5.82 Å². The Morgan fingerprint density at radius 3 is 2.90 bits per heavy atom. The number of nitrogens with one attached hydrogen (secondary N) is 1. The van der Waals surface area contributed by atoms with E-state index in [9.17, 15) is 4.39 Å². The minimum absolute atomic E-state index is 0.0721. The zero-order chi connectivity index (χ0) is 14.4. The largest absolute Gasteiger partial charge is 0.439 e. The molecule has 5 heteroatoms. The zero-order valence-corrected chi connectivity index (χ0v) is 12.0. The molecule has 0 aliphatic heterocycles. The fourth-order valence-corrected chi connectivity index (χ4v) is 1.80. The SMILES string of the molecule is CCCNCc1ccnc(Oc2ccc(Cl)c(F)c2)c1. The van der Waals surface area contributed by atoms with Gasteiger partial charge >= 0.3 is 0 Å². The molecule has 0 aliphatic carbocycles. The van der Waals surface area contributed by atoms with Crippen LogP contribution in [0.2, 0.25) is 5.02 Å². The Kier molecular flexibility index (Phi) is 5.32. The van der Waals surface area contributed by atoms with Crippen molar-refractivity contribution >= 4 is 11.6 Å². The van der Waals surface area contributed by atoms with Crippen LogP contribution in [0.1, 0.15) is 18.9 Å². The molecule has 20 heavy (non-hydrogen) atoms. The molecule has 3 nitrogen and oxygen atoms in total. The lowest BCUT2D eigenvalue weighted by molar-refractivity contribution is 0.457.